The molecule has 0 saturated heterocycles. The van der Waals surface area contributed by atoms with E-state index in [1.165, 1.54) is 23.5 Å². The number of thiophene rings is 1. The van der Waals surface area contributed by atoms with E-state index in [1.54, 1.807) is 6.07 Å². The van der Waals surface area contributed by atoms with Crippen molar-refractivity contribution >= 4 is 21.4 Å². The molecule has 0 aliphatic heterocycles. The van der Waals surface area contributed by atoms with Crippen molar-refractivity contribution in [2.24, 2.45) is 5.73 Å². The van der Waals surface area contributed by atoms with Crippen LogP contribution in [0.2, 0.25) is 0 Å². The van der Waals surface area contributed by atoms with Gasteiger partial charge in [-0.1, -0.05) is 0 Å². The number of halogens is 1. The first-order chi connectivity index (χ1) is 6.70. The van der Waals surface area contributed by atoms with Gasteiger partial charge in [0.25, 0.3) is 0 Å². The lowest BCUT2D eigenvalue weighted by Gasteiger charge is -2.02. The highest BCUT2D eigenvalue weighted by atomic mass is 32.1. The van der Waals surface area contributed by atoms with Crippen molar-refractivity contribution in [1.29, 1.82) is 0 Å². The fourth-order valence-electron chi connectivity index (χ4n) is 1.31. The van der Waals surface area contributed by atoms with Gasteiger partial charge in [0.2, 0.25) is 0 Å². The molecule has 1 heterocycles. The fraction of sp³-hybridized carbons (Fsp3) is 0.200. The monoisotopic (exact) mass is 211 g/mol. The molecule has 0 saturated carbocycles. The smallest absolute Gasteiger partial charge is 0.123 e. The quantitative estimate of drug-likeness (QED) is 0.798. The molecular weight excluding hydrogens is 201 g/mol. The van der Waals surface area contributed by atoms with Gasteiger partial charge >= 0.3 is 0 Å². The Bertz CT molecular complexity index is 454. The van der Waals surface area contributed by atoms with Gasteiger partial charge in [0.15, 0.2) is 0 Å². The van der Waals surface area contributed by atoms with E-state index in [2.05, 4.69) is 0 Å². The van der Waals surface area contributed by atoms with Crippen molar-refractivity contribution in [3.8, 4) is 0 Å². The third kappa shape index (κ3) is 1.64. The van der Waals surface area contributed by atoms with Gasteiger partial charge in [-0.3, -0.25) is 0 Å². The normalized spacial score (nSPS) is 13.4. The Balaban J connectivity index is 2.51. The third-order valence-corrected chi connectivity index (χ3v) is 3.31. The van der Waals surface area contributed by atoms with E-state index in [4.69, 9.17) is 10.8 Å². The number of benzene rings is 1. The first-order valence-corrected chi connectivity index (χ1v) is 5.08. The summed E-state index contributed by atoms with van der Waals surface area (Å²) in [5, 5.41) is 9.72. The Kier molecular flexibility index (Phi) is 2.50. The predicted octanol–water partition coefficient (Wildman–Crippen LogP) is 2.03. The Labute approximate surface area is 84.8 Å². The maximum absolute atomic E-state index is 12.9. The summed E-state index contributed by atoms with van der Waals surface area (Å²) < 4.78 is 13.8. The van der Waals surface area contributed by atoms with Gasteiger partial charge in [-0.15, -0.1) is 11.3 Å². The summed E-state index contributed by atoms with van der Waals surface area (Å²) >= 11 is 1.49. The number of nitrogens with two attached hydrogens (primary N) is 1. The minimum atomic E-state index is -0.365. The molecule has 74 valence electrons. The molecule has 0 aliphatic rings. The molecule has 4 heteroatoms. The largest absolute Gasteiger partial charge is 0.394 e. The average molecular weight is 211 g/mol. The number of fused-ring (bicyclic) bond motifs is 1. The molecule has 1 aromatic heterocycles. The lowest BCUT2D eigenvalue weighted by Crippen LogP contribution is -2.12. The average Bonchev–Trinajstić information content (AvgIpc) is 2.59. The van der Waals surface area contributed by atoms with Crippen molar-refractivity contribution in [2.45, 2.75) is 6.04 Å². The van der Waals surface area contributed by atoms with Gasteiger partial charge in [0, 0.05) is 9.58 Å². The van der Waals surface area contributed by atoms with Crippen molar-refractivity contribution < 1.29 is 9.50 Å². The second-order valence-corrected chi connectivity index (χ2v) is 4.24. The van der Waals surface area contributed by atoms with Gasteiger partial charge in [-0.25, -0.2) is 4.39 Å². The van der Waals surface area contributed by atoms with Gasteiger partial charge in [-0.2, -0.15) is 0 Å². The van der Waals surface area contributed by atoms with E-state index in [0.717, 1.165) is 15.0 Å². The summed E-state index contributed by atoms with van der Waals surface area (Å²) in [6.45, 7) is -0.0880. The predicted molar refractivity (Wildman–Crippen MR) is 55.8 cm³/mol. The second kappa shape index (κ2) is 3.65. The molecule has 0 fully saturated rings. The topological polar surface area (TPSA) is 46.2 Å². The maximum atomic E-state index is 12.9. The molecule has 0 bridgehead atoms. The van der Waals surface area contributed by atoms with Gasteiger partial charge in [0.1, 0.15) is 5.82 Å². The molecule has 2 aromatic rings. The van der Waals surface area contributed by atoms with Crippen LogP contribution in [0.15, 0.2) is 24.3 Å². The molecule has 1 aromatic carbocycles. The van der Waals surface area contributed by atoms with Gasteiger partial charge < -0.3 is 10.8 Å². The number of hydrogen-bond acceptors (Lipinski definition) is 3. The van der Waals surface area contributed by atoms with E-state index in [0.29, 0.717) is 0 Å². The van der Waals surface area contributed by atoms with E-state index < -0.39 is 0 Å². The van der Waals surface area contributed by atoms with Crippen molar-refractivity contribution in [3.63, 3.8) is 0 Å². The molecule has 0 unspecified atom stereocenters. The summed E-state index contributed by atoms with van der Waals surface area (Å²) in [4.78, 5) is 0.883. The van der Waals surface area contributed by atoms with E-state index in [-0.39, 0.29) is 18.5 Å². The number of aliphatic hydroxyl groups excluding tert-OH is 1. The molecule has 0 amide bonds. The van der Waals surface area contributed by atoms with E-state index >= 15 is 0 Å². The number of rotatable bonds is 2. The van der Waals surface area contributed by atoms with Crippen LogP contribution in [0.4, 0.5) is 4.39 Å². The number of hydrogen-bond donors (Lipinski definition) is 2. The summed E-state index contributed by atoms with van der Waals surface area (Å²) in [5.74, 6) is -0.251. The van der Waals surface area contributed by atoms with Crippen molar-refractivity contribution in [2.75, 3.05) is 6.61 Å². The Morgan fingerprint density at radius 2 is 2.21 bits per heavy atom. The Hall–Kier alpha value is -0.970. The molecular formula is C10H10FNOS. The SMILES string of the molecule is N[C@H](CO)c1cc2cc(F)ccc2s1. The van der Waals surface area contributed by atoms with Crippen LogP contribution < -0.4 is 5.73 Å². The van der Waals surface area contributed by atoms with Gasteiger partial charge in [-0.05, 0) is 29.7 Å². The molecule has 14 heavy (non-hydrogen) atoms. The molecule has 0 radical (unpaired) electrons. The van der Waals surface area contributed by atoms with Crippen LogP contribution in [0.1, 0.15) is 10.9 Å². The fourth-order valence-corrected chi connectivity index (χ4v) is 2.34. The van der Waals surface area contributed by atoms with Crippen LogP contribution in [0.5, 0.6) is 0 Å². The highest BCUT2D eigenvalue weighted by Crippen LogP contribution is 2.29. The first kappa shape index (κ1) is 9.58. The minimum absolute atomic E-state index is 0.0880. The van der Waals surface area contributed by atoms with Crippen LogP contribution in [0, 0.1) is 5.82 Å². The molecule has 0 aliphatic carbocycles. The summed E-state index contributed by atoms with van der Waals surface area (Å²) in [7, 11) is 0. The minimum Gasteiger partial charge on any atom is -0.394 e. The zero-order valence-electron chi connectivity index (χ0n) is 7.40. The van der Waals surface area contributed by atoms with Crippen LogP contribution in [-0.4, -0.2) is 11.7 Å². The van der Waals surface area contributed by atoms with Crippen LogP contribution in [0.25, 0.3) is 10.1 Å². The molecule has 2 nitrogen and oxygen atoms in total. The first-order valence-electron chi connectivity index (χ1n) is 4.26. The van der Waals surface area contributed by atoms with Crippen LogP contribution in [0.3, 0.4) is 0 Å². The maximum Gasteiger partial charge on any atom is 0.123 e. The highest BCUT2D eigenvalue weighted by Gasteiger charge is 2.08. The molecule has 2 rings (SSSR count). The number of aliphatic hydroxyl groups is 1. The molecule has 0 spiro atoms. The third-order valence-electron chi connectivity index (χ3n) is 2.06. The lowest BCUT2D eigenvalue weighted by molar-refractivity contribution is 0.269. The standard InChI is InChI=1S/C10H10FNOS/c11-7-1-2-9-6(3-7)4-10(14-9)8(12)5-13/h1-4,8,13H,5,12H2/t8-/m1/s1. The Morgan fingerprint density at radius 1 is 1.43 bits per heavy atom. The van der Waals surface area contributed by atoms with Crippen LogP contribution >= 0.6 is 11.3 Å². The molecule has 3 N–H and O–H groups in total. The summed E-state index contributed by atoms with van der Waals surface area (Å²) in [5.41, 5.74) is 5.66. The Morgan fingerprint density at radius 3 is 2.93 bits per heavy atom. The second-order valence-electron chi connectivity index (χ2n) is 3.12. The summed E-state index contributed by atoms with van der Waals surface area (Å²) in [6.07, 6.45) is 0. The van der Waals surface area contributed by atoms with E-state index in [9.17, 15) is 4.39 Å². The van der Waals surface area contributed by atoms with Gasteiger partial charge in [0.05, 0.1) is 12.6 Å². The molecule has 1 atom stereocenters. The zero-order valence-corrected chi connectivity index (χ0v) is 8.22. The van der Waals surface area contributed by atoms with Crippen molar-refractivity contribution in [1.82, 2.24) is 0 Å². The van der Waals surface area contributed by atoms with E-state index in [1.807, 2.05) is 6.07 Å². The lowest BCUT2D eigenvalue weighted by atomic mass is 10.2. The van der Waals surface area contributed by atoms with Crippen molar-refractivity contribution in [3.05, 3.63) is 35.0 Å². The highest BCUT2D eigenvalue weighted by molar-refractivity contribution is 7.19. The zero-order chi connectivity index (χ0) is 10.1. The summed E-state index contributed by atoms with van der Waals surface area (Å²) in [6, 6.07) is 6.08. The van der Waals surface area contributed by atoms with Crippen LogP contribution in [-0.2, 0) is 0 Å².